The van der Waals surface area contributed by atoms with Gasteiger partial charge in [0.25, 0.3) is 0 Å². The number of Topliss-reactive ketones (excluding diaryl/α,β-unsaturated/α-hetero) is 1. The Morgan fingerprint density at radius 3 is 2.61 bits per heavy atom. The number of amides is 1. The van der Waals surface area contributed by atoms with E-state index in [-0.39, 0.29) is 17.6 Å². The van der Waals surface area contributed by atoms with Gasteiger partial charge < -0.3 is 9.88 Å². The van der Waals surface area contributed by atoms with Crippen LogP contribution in [0.1, 0.15) is 39.3 Å². The number of carbonyl (C=O) groups excluding carboxylic acids is 2. The Morgan fingerprint density at radius 1 is 1.00 bits per heavy atom. The van der Waals surface area contributed by atoms with Gasteiger partial charge in [-0.1, -0.05) is 54.6 Å². The summed E-state index contributed by atoms with van der Waals surface area (Å²) in [5.41, 5.74) is 3.49. The lowest BCUT2D eigenvalue weighted by atomic mass is 9.65. The molecule has 2 aromatic carbocycles. The molecule has 2 aliphatic rings. The topological polar surface area (TPSA) is 53.2 Å². The second-order valence-electron chi connectivity index (χ2n) is 8.38. The summed E-state index contributed by atoms with van der Waals surface area (Å²) in [6, 6.07) is 22.3. The molecule has 4 heterocycles. The Hall–Kier alpha value is -3.18. The lowest BCUT2D eigenvalue weighted by Gasteiger charge is -2.54. The second kappa shape index (κ2) is 6.92. The average Bonchev–Trinajstić information content (AvgIpc) is 3.48. The van der Waals surface area contributed by atoms with E-state index in [2.05, 4.69) is 35.3 Å². The first kappa shape index (κ1) is 18.6. The molecule has 0 unspecified atom stereocenters. The lowest BCUT2D eigenvalue weighted by molar-refractivity contribution is -0.144. The predicted molar refractivity (Wildman–Crippen MR) is 122 cm³/mol. The number of rotatable bonds is 3. The zero-order valence-corrected chi connectivity index (χ0v) is 17.8. The molecule has 1 fully saturated rings. The van der Waals surface area contributed by atoms with E-state index in [9.17, 15) is 9.59 Å². The third kappa shape index (κ3) is 2.53. The monoisotopic (exact) mass is 426 g/mol. The summed E-state index contributed by atoms with van der Waals surface area (Å²) < 4.78 is 0. The van der Waals surface area contributed by atoms with Gasteiger partial charge in [0.15, 0.2) is 5.78 Å². The van der Waals surface area contributed by atoms with Gasteiger partial charge in [-0.3, -0.25) is 9.59 Å². The number of aromatic amines is 1. The molecule has 0 spiro atoms. The number of thiophene rings is 1. The highest BCUT2D eigenvalue weighted by atomic mass is 32.1. The normalized spacial score (nSPS) is 22.9. The molecule has 0 aliphatic carbocycles. The summed E-state index contributed by atoms with van der Waals surface area (Å²) >= 11 is 1.48. The third-order valence-corrected chi connectivity index (χ3v) is 7.84. The molecule has 4 nitrogen and oxygen atoms in total. The first-order valence-electron chi connectivity index (χ1n) is 10.7. The molecule has 6 rings (SSSR count). The Labute approximate surface area is 184 Å². The quantitative estimate of drug-likeness (QED) is 0.461. The summed E-state index contributed by atoms with van der Waals surface area (Å²) in [4.78, 5) is 33.6. The van der Waals surface area contributed by atoms with Gasteiger partial charge in [0.1, 0.15) is 5.54 Å². The van der Waals surface area contributed by atoms with Crippen molar-refractivity contribution in [1.29, 1.82) is 0 Å². The van der Waals surface area contributed by atoms with Gasteiger partial charge in [0.05, 0.1) is 16.5 Å². The van der Waals surface area contributed by atoms with Crippen LogP contribution in [-0.2, 0) is 16.8 Å². The van der Waals surface area contributed by atoms with Gasteiger partial charge in [0, 0.05) is 23.9 Å². The number of nitrogens with zero attached hydrogens (tertiary/aromatic N) is 1. The largest absolute Gasteiger partial charge is 0.356 e. The maximum Gasteiger partial charge on any atom is 0.223 e. The number of hydrogen-bond donors (Lipinski definition) is 1. The minimum Gasteiger partial charge on any atom is -0.356 e. The molecule has 5 heteroatoms. The van der Waals surface area contributed by atoms with Gasteiger partial charge in [-0.2, -0.15) is 0 Å². The smallest absolute Gasteiger partial charge is 0.223 e. The number of hydrogen-bond acceptors (Lipinski definition) is 3. The molecule has 154 valence electrons. The molecule has 0 bridgehead atoms. The molecular formula is C26H22N2O2S. The number of H-pyrrole nitrogens is 1. The van der Waals surface area contributed by atoms with Crippen LogP contribution in [0.2, 0.25) is 0 Å². The number of carbonyl (C=O) groups is 2. The van der Waals surface area contributed by atoms with E-state index < -0.39 is 5.54 Å². The van der Waals surface area contributed by atoms with Crippen molar-refractivity contribution in [3.8, 4) is 0 Å². The van der Waals surface area contributed by atoms with E-state index in [4.69, 9.17) is 0 Å². The van der Waals surface area contributed by atoms with Gasteiger partial charge in [-0.05, 0) is 41.5 Å². The molecule has 2 atom stereocenters. The zero-order valence-electron chi connectivity index (χ0n) is 17.0. The Kier molecular flexibility index (Phi) is 4.15. The van der Waals surface area contributed by atoms with Crippen LogP contribution in [0.4, 0.5) is 0 Å². The average molecular weight is 427 g/mol. The minimum absolute atomic E-state index is 0.128. The molecule has 0 radical (unpaired) electrons. The summed E-state index contributed by atoms with van der Waals surface area (Å²) in [5.74, 6) is -0.0791. The van der Waals surface area contributed by atoms with Gasteiger partial charge in [-0.15, -0.1) is 11.3 Å². The molecular weight excluding hydrogens is 404 g/mol. The van der Waals surface area contributed by atoms with Crippen LogP contribution in [0.25, 0.3) is 10.9 Å². The molecule has 1 saturated heterocycles. The first-order valence-corrected chi connectivity index (χ1v) is 11.6. The number of nitrogens with one attached hydrogen (secondary N) is 1. The molecule has 1 N–H and O–H groups in total. The van der Waals surface area contributed by atoms with Crippen LogP contribution in [0.5, 0.6) is 0 Å². The van der Waals surface area contributed by atoms with Crippen molar-refractivity contribution in [2.24, 2.45) is 5.92 Å². The SMILES string of the molecule is O=C(c1cccs1)[C@@H]1CCC(=O)N2CCc3c([nH]c4ccccc34)[C@@]12c1ccccc1. The fraction of sp³-hybridized carbons (Fsp3) is 0.231. The number of fused-ring (bicyclic) bond motifs is 5. The van der Waals surface area contributed by atoms with Crippen LogP contribution in [0, 0.1) is 5.92 Å². The van der Waals surface area contributed by atoms with E-state index in [0.29, 0.717) is 19.4 Å². The molecule has 4 aromatic rings. The Morgan fingerprint density at radius 2 is 1.81 bits per heavy atom. The highest BCUT2D eigenvalue weighted by molar-refractivity contribution is 7.12. The highest BCUT2D eigenvalue weighted by Gasteiger charge is 2.57. The number of aromatic nitrogens is 1. The fourth-order valence-corrected chi connectivity index (χ4v) is 6.44. The maximum absolute atomic E-state index is 13.9. The fourth-order valence-electron chi connectivity index (χ4n) is 5.72. The lowest BCUT2D eigenvalue weighted by Crippen LogP contribution is -2.62. The number of benzene rings is 2. The zero-order chi connectivity index (χ0) is 21.0. The van der Waals surface area contributed by atoms with Crippen molar-refractivity contribution in [2.75, 3.05) is 6.54 Å². The summed E-state index contributed by atoms with van der Waals surface area (Å²) in [5, 5.41) is 3.14. The Balaban J connectivity index is 1.69. The van der Waals surface area contributed by atoms with Crippen LogP contribution in [0.3, 0.4) is 0 Å². The van der Waals surface area contributed by atoms with E-state index in [1.54, 1.807) is 0 Å². The number of para-hydroxylation sites is 1. The van der Waals surface area contributed by atoms with Crippen molar-refractivity contribution in [3.63, 3.8) is 0 Å². The van der Waals surface area contributed by atoms with Crippen molar-refractivity contribution in [2.45, 2.75) is 24.8 Å². The molecule has 2 aromatic heterocycles. The highest BCUT2D eigenvalue weighted by Crippen LogP contribution is 2.52. The van der Waals surface area contributed by atoms with Crippen molar-refractivity contribution in [3.05, 3.63) is 93.8 Å². The van der Waals surface area contributed by atoms with Crippen molar-refractivity contribution in [1.82, 2.24) is 9.88 Å². The van der Waals surface area contributed by atoms with Gasteiger partial charge >= 0.3 is 0 Å². The van der Waals surface area contributed by atoms with Gasteiger partial charge in [-0.25, -0.2) is 0 Å². The summed E-state index contributed by atoms with van der Waals surface area (Å²) in [7, 11) is 0. The molecule has 0 saturated carbocycles. The van der Waals surface area contributed by atoms with Crippen LogP contribution in [-0.4, -0.2) is 28.1 Å². The minimum atomic E-state index is -0.815. The molecule has 31 heavy (non-hydrogen) atoms. The van der Waals surface area contributed by atoms with E-state index >= 15 is 0 Å². The number of piperidine rings is 1. The summed E-state index contributed by atoms with van der Waals surface area (Å²) in [6.45, 7) is 0.622. The molecule has 2 aliphatic heterocycles. The van der Waals surface area contributed by atoms with E-state index in [1.165, 1.54) is 22.3 Å². The summed E-state index contributed by atoms with van der Waals surface area (Å²) in [6.07, 6.45) is 1.75. The standard InChI is InChI=1S/C26H22N2O2S/c29-23-13-12-20(24(30)22-11-6-16-31-22)26(17-7-2-1-3-8-17)25-19(14-15-28(23)26)18-9-4-5-10-21(18)27-25/h1-11,16,20,27H,12-15H2/t20-,26+/m0/s1. The number of ketones is 1. The first-order chi connectivity index (χ1) is 15.2. The second-order valence-corrected chi connectivity index (χ2v) is 9.33. The van der Waals surface area contributed by atoms with Crippen molar-refractivity contribution >= 4 is 33.9 Å². The van der Waals surface area contributed by atoms with Crippen LogP contribution in [0.15, 0.2) is 72.1 Å². The molecule has 1 amide bonds. The van der Waals surface area contributed by atoms with Gasteiger partial charge in [0.2, 0.25) is 5.91 Å². The predicted octanol–water partition coefficient (Wildman–Crippen LogP) is 5.15. The van der Waals surface area contributed by atoms with E-state index in [0.717, 1.165) is 28.1 Å². The Bertz CT molecular complexity index is 1290. The third-order valence-electron chi connectivity index (χ3n) is 6.95. The van der Waals surface area contributed by atoms with Crippen LogP contribution >= 0.6 is 11.3 Å². The van der Waals surface area contributed by atoms with Crippen LogP contribution < -0.4 is 0 Å². The van der Waals surface area contributed by atoms with Crippen molar-refractivity contribution < 1.29 is 9.59 Å². The maximum atomic E-state index is 13.9. The van der Waals surface area contributed by atoms with E-state index in [1.807, 2.05) is 46.7 Å².